The van der Waals surface area contributed by atoms with E-state index in [1.54, 1.807) is 25.6 Å². The molecule has 1 aliphatic rings. The van der Waals surface area contributed by atoms with Crippen molar-refractivity contribution < 1.29 is 22.1 Å². The van der Waals surface area contributed by atoms with Gasteiger partial charge in [-0.3, -0.25) is 0 Å². The molecule has 0 bridgehead atoms. The minimum atomic E-state index is -3.69. The quantitative estimate of drug-likeness (QED) is 0.664. The Bertz CT molecular complexity index is 841. The summed E-state index contributed by atoms with van der Waals surface area (Å²) in [6.45, 7) is 1.94. The van der Waals surface area contributed by atoms with Crippen molar-refractivity contribution in [2.75, 3.05) is 12.9 Å². The Labute approximate surface area is 158 Å². The smallest absolute Gasteiger partial charge is 0.267 e. The van der Waals surface area contributed by atoms with Crippen LogP contribution in [0.1, 0.15) is 18.9 Å². The summed E-state index contributed by atoms with van der Waals surface area (Å²) in [6, 6.07) is 7.53. The maximum Gasteiger partial charge on any atom is 0.267 e. The lowest BCUT2D eigenvalue weighted by atomic mass is 10.0. The number of ether oxygens (including phenoxy) is 2. The van der Waals surface area contributed by atoms with Crippen molar-refractivity contribution in [2.45, 2.75) is 37.9 Å². The van der Waals surface area contributed by atoms with E-state index in [1.807, 2.05) is 28.8 Å². The van der Waals surface area contributed by atoms with Gasteiger partial charge in [0, 0.05) is 23.8 Å². The molecule has 26 heavy (non-hydrogen) atoms. The molecule has 1 saturated heterocycles. The van der Waals surface area contributed by atoms with Gasteiger partial charge < -0.3 is 14.0 Å². The second-order valence-electron chi connectivity index (χ2n) is 6.58. The van der Waals surface area contributed by atoms with Crippen LogP contribution < -0.4 is 0 Å². The second kappa shape index (κ2) is 7.28. The van der Waals surface area contributed by atoms with Crippen LogP contribution in [0.3, 0.4) is 0 Å². The van der Waals surface area contributed by atoms with Crippen LogP contribution in [0.15, 0.2) is 43.0 Å². The first-order chi connectivity index (χ1) is 12.2. The predicted molar refractivity (Wildman–Crippen MR) is 96.1 cm³/mol. The standard InChI is InChI=1S/C17H21ClN2O5S/c1-16(25-26(2,21)22)12-23-17(24-16,11-20-10-9-19-13-20)8-7-14-3-5-15(18)6-4-14/h3-6,9-10,13H,7-8,11-12H2,1-2H3/t16-,17-/m0/s1. The average Bonchev–Trinajstić information content (AvgIpc) is 3.14. The highest BCUT2D eigenvalue weighted by Gasteiger charge is 2.50. The van der Waals surface area contributed by atoms with Crippen LogP contribution in [0.5, 0.6) is 0 Å². The van der Waals surface area contributed by atoms with Gasteiger partial charge in [-0.05, 0) is 31.0 Å². The van der Waals surface area contributed by atoms with Gasteiger partial charge in [0.15, 0.2) is 5.79 Å². The lowest BCUT2D eigenvalue weighted by molar-refractivity contribution is -0.236. The maximum atomic E-state index is 11.5. The predicted octanol–water partition coefficient (Wildman–Crippen LogP) is 2.60. The van der Waals surface area contributed by atoms with Crippen molar-refractivity contribution in [3.05, 3.63) is 53.6 Å². The molecule has 9 heteroatoms. The van der Waals surface area contributed by atoms with Crippen LogP contribution in [0.25, 0.3) is 0 Å². The highest BCUT2D eigenvalue weighted by Crippen LogP contribution is 2.37. The van der Waals surface area contributed by atoms with Crippen LogP contribution in [0.2, 0.25) is 5.02 Å². The van der Waals surface area contributed by atoms with Crippen molar-refractivity contribution in [3.63, 3.8) is 0 Å². The molecule has 2 aromatic rings. The van der Waals surface area contributed by atoms with E-state index in [9.17, 15) is 8.42 Å². The van der Waals surface area contributed by atoms with Crippen molar-refractivity contribution in [1.82, 2.24) is 9.55 Å². The highest BCUT2D eigenvalue weighted by molar-refractivity contribution is 7.86. The molecule has 1 aromatic heterocycles. The van der Waals surface area contributed by atoms with Crippen molar-refractivity contribution in [3.8, 4) is 0 Å². The number of nitrogens with zero attached hydrogens (tertiary/aromatic N) is 2. The summed E-state index contributed by atoms with van der Waals surface area (Å²) in [4.78, 5) is 4.03. The second-order valence-corrected chi connectivity index (χ2v) is 8.60. The molecule has 1 fully saturated rings. The molecule has 0 radical (unpaired) electrons. The van der Waals surface area contributed by atoms with E-state index in [2.05, 4.69) is 4.98 Å². The van der Waals surface area contributed by atoms with E-state index in [1.165, 1.54) is 0 Å². The third-order valence-corrected chi connectivity index (χ3v) is 4.92. The van der Waals surface area contributed by atoms with Crippen molar-refractivity contribution in [2.24, 2.45) is 0 Å². The van der Waals surface area contributed by atoms with Crippen molar-refractivity contribution in [1.29, 1.82) is 0 Å². The summed E-state index contributed by atoms with van der Waals surface area (Å²) < 4.78 is 42.0. The van der Waals surface area contributed by atoms with Gasteiger partial charge in [-0.2, -0.15) is 8.42 Å². The molecule has 1 aliphatic heterocycles. The van der Waals surface area contributed by atoms with E-state index in [0.29, 0.717) is 24.4 Å². The third kappa shape index (κ3) is 5.05. The molecule has 0 N–H and O–H groups in total. The van der Waals surface area contributed by atoms with E-state index in [4.69, 9.17) is 25.3 Å². The molecule has 0 saturated carbocycles. The van der Waals surface area contributed by atoms with Gasteiger partial charge in [0.2, 0.25) is 5.79 Å². The molecule has 0 spiro atoms. The number of aromatic nitrogens is 2. The van der Waals surface area contributed by atoms with E-state index >= 15 is 0 Å². The Hall–Kier alpha value is -1.45. The maximum absolute atomic E-state index is 11.5. The van der Waals surface area contributed by atoms with Crippen LogP contribution in [-0.2, 0) is 36.7 Å². The minimum absolute atomic E-state index is 0.00931. The molecule has 2 atom stereocenters. The molecule has 0 unspecified atom stereocenters. The summed E-state index contributed by atoms with van der Waals surface area (Å²) in [6.07, 6.45) is 7.28. The Balaban J connectivity index is 1.78. The van der Waals surface area contributed by atoms with Gasteiger partial charge >= 0.3 is 0 Å². The molecule has 2 heterocycles. The number of hydrogen-bond donors (Lipinski definition) is 0. The number of imidazole rings is 1. The summed E-state index contributed by atoms with van der Waals surface area (Å²) in [5, 5.41) is 0.671. The Kier molecular flexibility index (Phi) is 5.41. The zero-order chi connectivity index (χ0) is 18.8. The normalized spacial score (nSPS) is 26.3. The van der Waals surface area contributed by atoms with Crippen LogP contribution in [0.4, 0.5) is 0 Å². The Morgan fingerprint density at radius 2 is 2.08 bits per heavy atom. The van der Waals surface area contributed by atoms with Gasteiger partial charge in [-0.1, -0.05) is 23.7 Å². The topological polar surface area (TPSA) is 79.7 Å². The minimum Gasteiger partial charge on any atom is -0.342 e. The van der Waals surface area contributed by atoms with Gasteiger partial charge in [-0.25, -0.2) is 9.17 Å². The molecule has 7 nitrogen and oxygen atoms in total. The molecule has 3 rings (SSSR count). The summed E-state index contributed by atoms with van der Waals surface area (Å²) >= 11 is 5.93. The van der Waals surface area contributed by atoms with Crippen LogP contribution in [0, 0.1) is 0 Å². The first-order valence-corrected chi connectivity index (χ1v) is 10.3. The van der Waals surface area contributed by atoms with E-state index in [-0.39, 0.29) is 6.61 Å². The fraction of sp³-hybridized carbons (Fsp3) is 0.471. The average molecular weight is 401 g/mol. The van der Waals surface area contributed by atoms with E-state index in [0.717, 1.165) is 11.8 Å². The molecule has 142 valence electrons. The van der Waals surface area contributed by atoms with E-state index < -0.39 is 21.7 Å². The molecule has 0 amide bonds. The molecule has 0 aliphatic carbocycles. The number of hydrogen-bond acceptors (Lipinski definition) is 6. The summed E-state index contributed by atoms with van der Waals surface area (Å²) in [7, 11) is -3.69. The molecular formula is C17H21ClN2O5S. The molecular weight excluding hydrogens is 380 g/mol. The number of rotatable bonds is 7. The van der Waals surface area contributed by atoms with Gasteiger partial charge in [0.25, 0.3) is 10.1 Å². The van der Waals surface area contributed by atoms with Gasteiger partial charge in [0.1, 0.15) is 6.61 Å². The lowest BCUT2D eigenvalue weighted by Gasteiger charge is -2.30. The SMILES string of the molecule is C[C@]1(OS(C)(=O)=O)CO[C@](CCc2ccc(Cl)cc2)(Cn2ccnc2)O1. The highest BCUT2D eigenvalue weighted by atomic mass is 35.5. The first kappa shape index (κ1) is 19.3. The lowest BCUT2D eigenvalue weighted by Crippen LogP contribution is -2.41. The fourth-order valence-corrected chi connectivity index (χ4v) is 3.85. The summed E-state index contributed by atoms with van der Waals surface area (Å²) in [5.74, 6) is -2.39. The number of halogens is 1. The summed E-state index contributed by atoms with van der Waals surface area (Å²) in [5.41, 5.74) is 1.07. The zero-order valence-electron chi connectivity index (χ0n) is 14.6. The molecule has 1 aromatic carbocycles. The first-order valence-electron chi connectivity index (χ1n) is 8.12. The van der Waals surface area contributed by atoms with Crippen LogP contribution in [-0.4, -0.2) is 42.4 Å². The monoisotopic (exact) mass is 400 g/mol. The van der Waals surface area contributed by atoms with Crippen LogP contribution >= 0.6 is 11.6 Å². The fourth-order valence-electron chi connectivity index (χ4n) is 3.00. The Morgan fingerprint density at radius 3 is 2.69 bits per heavy atom. The number of aryl methyl sites for hydroxylation is 1. The third-order valence-electron chi connectivity index (χ3n) is 4.02. The van der Waals surface area contributed by atoms with Gasteiger partial charge in [0.05, 0.1) is 19.1 Å². The van der Waals surface area contributed by atoms with Crippen molar-refractivity contribution >= 4 is 21.7 Å². The largest absolute Gasteiger partial charge is 0.342 e. The van der Waals surface area contributed by atoms with Gasteiger partial charge in [-0.15, -0.1) is 0 Å². The zero-order valence-corrected chi connectivity index (χ0v) is 16.2. The Morgan fingerprint density at radius 1 is 1.35 bits per heavy atom. The number of benzene rings is 1.